The van der Waals surface area contributed by atoms with Crippen molar-refractivity contribution in [1.82, 2.24) is 0 Å². The molecule has 2 rings (SSSR count). The average molecular weight is 269 g/mol. The van der Waals surface area contributed by atoms with Gasteiger partial charge in [0.05, 0.1) is 0 Å². The molecule has 0 aliphatic rings. The van der Waals surface area contributed by atoms with E-state index in [0.29, 0.717) is 0 Å². The molecule has 0 aliphatic carbocycles. The molecule has 0 aliphatic heterocycles. The molecule has 0 spiro atoms. The van der Waals surface area contributed by atoms with Gasteiger partial charge in [-0.15, -0.1) is 0 Å². The normalized spacial score (nSPS) is 10.1. The van der Waals surface area contributed by atoms with Gasteiger partial charge < -0.3 is 10.1 Å². The highest BCUT2D eigenvalue weighted by atomic mass is 16.5. The van der Waals surface area contributed by atoms with Crippen LogP contribution in [0.1, 0.15) is 18.1 Å². The summed E-state index contributed by atoms with van der Waals surface area (Å²) in [5.41, 5.74) is 3.14. The van der Waals surface area contributed by atoms with Gasteiger partial charge in [-0.1, -0.05) is 36.8 Å². The lowest BCUT2D eigenvalue weighted by Crippen LogP contribution is -2.20. The minimum absolute atomic E-state index is 0.0149. The zero-order chi connectivity index (χ0) is 14.4. The van der Waals surface area contributed by atoms with E-state index < -0.39 is 0 Å². The molecule has 3 nitrogen and oxygen atoms in total. The number of hydrogen-bond acceptors (Lipinski definition) is 2. The molecule has 0 aromatic heterocycles. The predicted octanol–water partition coefficient (Wildman–Crippen LogP) is 3.57. The van der Waals surface area contributed by atoms with E-state index in [9.17, 15) is 4.79 Å². The number of nitrogens with one attached hydrogen (secondary N) is 1. The Morgan fingerprint density at radius 2 is 1.90 bits per heavy atom. The van der Waals surface area contributed by atoms with Crippen molar-refractivity contribution in [1.29, 1.82) is 0 Å². The molecular weight excluding hydrogens is 250 g/mol. The molecule has 3 heteroatoms. The van der Waals surface area contributed by atoms with Crippen molar-refractivity contribution in [3.63, 3.8) is 0 Å². The van der Waals surface area contributed by atoms with Crippen LogP contribution in [0.4, 0.5) is 5.69 Å². The van der Waals surface area contributed by atoms with E-state index in [0.717, 1.165) is 23.4 Å². The van der Waals surface area contributed by atoms with E-state index >= 15 is 0 Å². The Hall–Kier alpha value is -2.29. The first-order valence-corrected chi connectivity index (χ1v) is 6.75. The van der Waals surface area contributed by atoms with Gasteiger partial charge in [0.2, 0.25) is 0 Å². The predicted molar refractivity (Wildman–Crippen MR) is 81.1 cm³/mol. The molecule has 20 heavy (non-hydrogen) atoms. The fourth-order valence-electron chi connectivity index (χ4n) is 1.84. The number of rotatable bonds is 5. The number of amides is 1. The summed E-state index contributed by atoms with van der Waals surface area (Å²) in [6, 6.07) is 15.5. The third-order valence-corrected chi connectivity index (χ3v) is 3.01. The van der Waals surface area contributed by atoms with E-state index in [2.05, 4.69) is 12.2 Å². The molecule has 104 valence electrons. The lowest BCUT2D eigenvalue weighted by molar-refractivity contribution is -0.118. The van der Waals surface area contributed by atoms with Crippen LogP contribution in [-0.4, -0.2) is 12.5 Å². The molecule has 1 amide bonds. The Bertz CT molecular complexity index is 576. The highest BCUT2D eigenvalue weighted by molar-refractivity contribution is 5.91. The van der Waals surface area contributed by atoms with Crippen molar-refractivity contribution in [2.45, 2.75) is 20.3 Å². The summed E-state index contributed by atoms with van der Waals surface area (Å²) in [7, 11) is 0. The van der Waals surface area contributed by atoms with Crippen molar-refractivity contribution < 1.29 is 9.53 Å². The summed E-state index contributed by atoms with van der Waals surface area (Å²) < 4.78 is 5.49. The van der Waals surface area contributed by atoms with Gasteiger partial charge in [-0.25, -0.2) is 0 Å². The molecule has 1 N–H and O–H groups in total. The lowest BCUT2D eigenvalue weighted by atomic mass is 10.2. The summed E-state index contributed by atoms with van der Waals surface area (Å²) in [6.07, 6.45) is 0.951. The molecule has 0 unspecified atom stereocenters. The second-order valence-electron chi connectivity index (χ2n) is 4.70. The van der Waals surface area contributed by atoms with Crippen LogP contribution >= 0.6 is 0 Å². The molecule has 0 saturated heterocycles. The van der Waals surface area contributed by atoms with Gasteiger partial charge in [0.15, 0.2) is 6.61 Å². The van der Waals surface area contributed by atoms with Crippen molar-refractivity contribution >= 4 is 11.6 Å². The molecule has 0 bridgehead atoms. The number of anilines is 1. The molecular formula is C17H19NO2. The zero-order valence-corrected chi connectivity index (χ0v) is 11.8. The average Bonchev–Trinajstić information content (AvgIpc) is 2.48. The van der Waals surface area contributed by atoms with Crippen LogP contribution in [0.15, 0.2) is 48.5 Å². The minimum Gasteiger partial charge on any atom is -0.484 e. The fraction of sp³-hybridized carbons (Fsp3) is 0.235. The molecule has 0 radical (unpaired) electrons. The molecule has 2 aromatic rings. The smallest absolute Gasteiger partial charge is 0.262 e. The summed E-state index contributed by atoms with van der Waals surface area (Å²) >= 11 is 0. The van der Waals surface area contributed by atoms with E-state index in [1.54, 1.807) is 0 Å². The maximum atomic E-state index is 11.8. The maximum Gasteiger partial charge on any atom is 0.262 e. The van der Waals surface area contributed by atoms with Crippen LogP contribution < -0.4 is 10.1 Å². The van der Waals surface area contributed by atoms with Gasteiger partial charge in [0, 0.05) is 5.69 Å². The Balaban J connectivity index is 1.87. The summed E-state index contributed by atoms with van der Waals surface area (Å²) in [6.45, 7) is 4.11. The van der Waals surface area contributed by atoms with Crippen LogP contribution in [0.5, 0.6) is 5.75 Å². The summed E-state index contributed by atoms with van der Waals surface area (Å²) in [4.78, 5) is 11.8. The highest BCUT2D eigenvalue weighted by Gasteiger charge is 2.04. The van der Waals surface area contributed by atoms with E-state index in [4.69, 9.17) is 4.74 Å². The van der Waals surface area contributed by atoms with Gasteiger partial charge in [0.1, 0.15) is 5.75 Å². The number of benzene rings is 2. The Labute approximate surface area is 119 Å². The van der Waals surface area contributed by atoms with Gasteiger partial charge in [0.25, 0.3) is 5.91 Å². The van der Waals surface area contributed by atoms with Crippen LogP contribution in [0.3, 0.4) is 0 Å². The van der Waals surface area contributed by atoms with Gasteiger partial charge in [-0.3, -0.25) is 4.79 Å². The number of aryl methyl sites for hydroxylation is 2. The molecule has 2 aromatic carbocycles. The number of carbonyl (C=O) groups is 1. The van der Waals surface area contributed by atoms with Crippen molar-refractivity contribution in [2.75, 3.05) is 11.9 Å². The summed E-state index contributed by atoms with van der Waals surface area (Å²) in [5.74, 6) is 0.569. The minimum atomic E-state index is -0.157. The molecule has 0 heterocycles. The van der Waals surface area contributed by atoms with Crippen molar-refractivity contribution in [3.8, 4) is 5.75 Å². The lowest BCUT2D eigenvalue weighted by Gasteiger charge is -2.08. The van der Waals surface area contributed by atoms with Gasteiger partial charge >= 0.3 is 0 Å². The van der Waals surface area contributed by atoms with E-state index in [-0.39, 0.29) is 12.5 Å². The first kappa shape index (κ1) is 14.1. The van der Waals surface area contributed by atoms with Gasteiger partial charge in [-0.2, -0.15) is 0 Å². The van der Waals surface area contributed by atoms with Crippen LogP contribution in [0.2, 0.25) is 0 Å². The molecule has 0 atom stereocenters. The number of hydrogen-bond donors (Lipinski definition) is 1. The van der Waals surface area contributed by atoms with E-state index in [1.807, 2.05) is 55.5 Å². The van der Waals surface area contributed by atoms with Crippen LogP contribution in [0, 0.1) is 6.92 Å². The zero-order valence-electron chi connectivity index (χ0n) is 11.8. The quantitative estimate of drug-likeness (QED) is 0.901. The Morgan fingerprint density at radius 1 is 1.15 bits per heavy atom. The largest absolute Gasteiger partial charge is 0.484 e. The molecule has 0 fully saturated rings. The highest BCUT2D eigenvalue weighted by Crippen LogP contribution is 2.14. The fourth-order valence-corrected chi connectivity index (χ4v) is 1.84. The van der Waals surface area contributed by atoms with Crippen molar-refractivity contribution in [2.24, 2.45) is 0 Å². The third-order valence-electron chi connectivity index (χ3n) is 3.01. The monoisotopic (exact) mass is 269 g/mol. The Morgan fingerprint density at radius 3 is 2.60 bits per heavy atom. The van der Waals surface area contributed by atoms with E-state index in [1.165, 1.54) is 5.56 Å². The second kappa shape index (κ2) is 6.75. The standard InChI is InChI=1S/C17H19NO2/c1-3-14-5-4-6-16(11-14)20-12-17(19)18-15-9-7-13(2)8-10-15/h4-11H,3,12H2,1-2H3,(H,18,19). The topological polar surface area (TPSA) is 38.3 Å². The van der Waals surface area contributed by atoms with Gasteiger partial charge in [-0.05, 0) is 43.2 Å². The first-order valence-electron chi connectivity index (χ1n) is 6.75. The third kappa shape index (κ3) is 4.12. The second-order valence-corrected chi connectivity index (χ2v) is 4.70. The first-order chi connectivity index (χ1) is 9.67. The maximum absolute atomic E-state index is 11.8. The SMILES string of the molecule is CCc1cccc(OCC(=O)Nc2ccc(C)cc2)c1. The Kier molecular flexibility index (Phi) is 4.77. The number of ether oxygens (including phenoxy) is 1. The summed E-state index contributed by atoms with van der Waals surface area (Å²) in [5, 5.41) is 2.80. The van der Waals surface area contributed by atoms with Crippen LogP contribution in [0.25, 0.3) is 0 Å². The van der Waals surface area contributed by atoms with Crippen LogP contribution in [-0.2, 0) is 11.2 Å². The molecule has 0 saturated carbocycles. The number of carbonyl (C=O) groups excluding carboxylic acids is 1. The van der Waals surface area contributed by atoms with Crippen molar-refractivity contribution in [3.05, 3.63) is 59.7 Å².